The summed E-state index contributed by atoms with van der Waals surface area (Å²) in [6, 6.07) is 4.80. The van der Waals surface area contributed by atoms with Crippen molar-refractivity contribution >= 4 is 0 Å². The molecule has 0 aliphatic rings. The van der Waals surface area contributed by atoms with Gasteiger partial charge < -0.3 is 9.84 Å². The van der Waals surface area contributed by atoms with Gasteiger partial charge in [0.15, 0.2) is 0 Å². The van der Waals surface area contributed by atoms with E-state index in [1.54, 1.807) is 12.1 Å². The van der Waals surface area contributed by atoms with Crippen LogP contribution in [-0.4, -0.2) is 18.3 Å². The van der Waals surface area contributed by atoms with E-state index in [-0.39, 0.29) is 12.4 Å². The third kappa shape index (κ3) is 6.75. The Morgan fingerprint density at radius 3 is 2.81 bits per heavy atom. The van der Waals surface area contributed by atoms with Crippen molar-refractivity contribution in [3.8, 4) is 11.8 Å². The summed E-state index contributed by atoms with van der Waals surface area (Å²) in [7, 11) is 0. The highest BCUT2D eigenvalue weighted by Crippen LogP contribution is 2.15. The number of aliphatic hydroxyl groups is 1. The minimum absolute atomic E-state index is 0.268. The topological polar surface area (TPSA) is 29.5 Å². The number of unbranched alkanes of at least 4 members (excludes halogenated alkanes) is 1. The predicted molar refractivity (Wildman–Crippen MR) is 83.3 cm³/mol. The molecule has 0 radical (unpaired) electrons. The lowest BCUT2D eigenvalue weighted by atomic mass is 10.0. The first-order valence-corrected chi connectivity index (χ1v) is 7.67. The van der Waals surface area contributed by atoms with Crippen molar-refractivity contribution in [3.63, 3.8) is 0 Å². The number of halogens is 1. The van der Waals surface area contributed by atoms with Crippen molar-refractivity contribution in [2.24, 2.45) is 5.92 Å². The minimum Gasteiger partial charge on any atom is -0.384 e. The second kappa shape index (κ2) is 10.4. The summed E-state index contributed by atoms with van der Waals surface area (Å²) in [4.78, 5) is 0. The Bertz CT molecular complexity index is 474. The number of hydrogen-bond donors (Lipinski definition) is 1. The molecule has 1 aromatic rings. The number of ether oxygens (including phenoxy) is 1. The Morgan fingerprint density at radius 2 is 2.14 bits per heavy atom. The Morgan fingerprint density at radius 1 is 1.33 bits per heavy atom. The summed E-state index contributed by atoms with van der Waals surface area (Å²) >= 11 is 0. The van der Waals surface area contributed by atoms with Crippen LogP contribution in [0.15, 0.2) is 18.2 Å². The lowest BCUT2D eigenvalue weighted by molar-refractivity contribution is 0.0819. The largest absolute Gasteiger partial charge is 0.384 e. The van der Waals surface area contributed by atoms with E-state index in [0.29, 0.717) is 18.1 Å². The Hall–Kier alpha value is -1.37. The molecule has 0 aliphatic heterocycles. The van der Waals surface area contributed by atoms with Crippen molar-refractivity contribution in [1.82, 2.24) is 0 Å². The molecule has 0 saturated carbocycles. The Kier molecular flexibility index (Phi) is 8.73. The monoisotopic (exact) mass is 292 g/mol. The number of aliphatic hydroxyl groups excluding tert-OH is 1. The lowest BCUT2D eigenvalue weighted by Crippen LogP contribution is -2.09. The Balaban J connectivity index is 2.51. The van der Waals surface area contributed by atoms with Gasteiger partial charge >= 0.3 is 0 Å². The molecule has 1 N–H and O–H groups in total. The van der Waals surface area contributed by atoms with Crippen LogP contribution >= 0.6 is 0 Å². The fourth-order valence-electron chi connectivity index (χ4n) is 2.13. The fourth-order valence-corrected chi connectivity index (χ4v) is 2.13. The van der Waals surface area contributed by atoms with Gasteiger partial charge in [-0.2, -0.15) is 0 Å². The van der Waals surface area contributed by atoms with Gasteiger partial charge in [0.1, 0.15) is 12.4 Å². The van der Waals surface area contributed by atoms with Crippen LogP contribution in [-0.2, 0) is 11.3 Å². The molecule has 1 unspecified atom stereocenters. The molecule has 0 aliphatic carbocycles. The molecular formula is C18H25FO2. The summed E-state index contributed by atoms with van der Waals surface area (Å²) in [5, 5.41) is 8.67. The maximum absolute atomic E-state index is 13.5. The van der Waals surface area contributed by atoms with Crippen LogP contribution in [0, 0.1) is 23.6 Å². The van der Waals surface area contributed by atoms with Crippen molar-refractivity contribution in [3.05, 3.63) is 35.1 Å². The van der Waals surface area contributed by atoms with Gasteiger partial charge in [-0.15, -0.1) is 0 Å². The third-order valence-electron chi connectivity index (χ3n) is 3.50. The molecule has 0 fully saturated rings. The van der Waals surface area contributed by atoms with Crippen LogP contribution < -0.4 is 0 Å². The van der Waals surface area contributed by atoms with E-state index in [2.05, 4.69) is 25.7 Å². The molecule has 2 nitrogen and oxygen atoms in total. The van der Waals surface area contributed by atoms with Crippen molar-refractivity contribution in [1.29, 1.82) is 0 Å². The molecule has 0 spiro atoms. The quantitative estimate of drug-likeness (QED) is 0.736. The highest BCUT2D eigenvalue weighted by atomic mass is 19.1. The van der Waals surface area contributed by atoms with E-state index in [1.807, 2.05) is 0 Å². The van der Waals surface area contributed by atoms with Crippen LogP contribution in [0.25, 0.3) is 0 Å². The molecule has 0 saturated heterocycles. The SMILES string of the molecule is CCCCC(CC)COCc1ccc(F)c(C#CCO)c1. The number of rotatable bonds is 8. The molecular weight excluding hydrogens is 267 g/mol. The van der Waals surface area contributed by atoms with Gasteiger partial charge in [-0.05, 0) is 30.0 Å². The lowest BCUT2D eigenvalue weighted by Gasteiger charge is -2.14. The first-order valence-electron chi connectivity index (χ1n) is 7.67. The van der Waals surface area contributed by atoms with Crippen LogP contribution in [0.1, 0.15) is 50.7 Å². The molecule has 116 valence electrons. The fraction of sp³-hybridized carbons (Fsp3) is 0.556. The van der Waals surface area contributed by atoms with Crippen molar-refractivity contribution < 1.29 is 14.2 Å². The predicted octanol–water partition coefficient (Wildman–Crippen LogP) is 3.90. The summed E-state index contributed by atoms with van der Waals surface area (Å²) in [6.45, 7) is 5.32. The zero-order valence-corrected chi connectivity index (χ0v) is 13.0. The maximum Gasteiger partial charge on any atom is 0.138 e. The summed E-state index contributed by atoms with van der Waals surface area (Å²) in [5.41, 5.74) is 1.21. The van der Waals surface area contributed by atoms with E-state index < -0.39 is 0 Å². The normalized spacial score (nSPS) is 11.8. The van der Waals surface area contributed by atoms with Crippen LogP contribution in [0.3, 0.4) is 0 Å². The van der Waals surface area contributed by atoms with Gasteiger partial charge in [-0.3, -0.25) is 0 Å². The molecule has 0 amide bonds. The first kappa shape index (κ1) is 17.7. The summed E-state index contributed by atoms with van der Waals surface area (Å²) in [6.07, 6.45) is 4.76. The summed E-state index contributed by atoms with van der Waals surface area (Å²) < 4.78 is 19.3. The summed E-state index contributed by atoms with van der Waals surface area (Å²) in [5.74, 6) is 5.30. The van der Waals surface area contributed by atoms with E-state index in [1.165, 1.54) is 25.3 Å². The molecule has 0 aromatic heterocycles. The van der Waals surface area contributed by atoms with Gasteiger partial charge in [0.05, 0.1) is 12.2 Å². The smallest absolute Gasteiger partial charge is 0.138 e. The third-order valence-corrected chi connectivity index (χ3v) is 3.50. The average Bonchev–Trinajstić information content (AvgIpc) is 2.50. The molecule has 1 aromatic carbocycles. The minimum atomic E-state index is -0.367. The average molecular weight is 292 g/mol. The zero-order valence-electron chi connectivity index (χ0n) is 13.0. The van der Waals surface area contributed by atoms with E-state index >= 15 is 0 Å². The number of benzene rings is 1. The Labute approximate surface area is 127 Å². The maximum atomic E-state index is 13.5. The van der Waals surface area contributed by atoms with Crippen LogP contribution in [0.2, 0.25) is 0 Å². The second-order valence-corrected chi connectivity index (χ2v) is 5.21. The molecule has 0 heterocycles. The van der Waals surface area contributed by atoms with Gasteiger partial charge in [0.25, 0.3) is 0 Å². The highest BCUT2D eigenvalue weighted by molar-refractivity contribution is 5.38. The highest BCUT2D eigenvalue weighted by Gasteiger charge is 2.07. The molecule has 0 bridgehead atoms. The van der Waals surface area contributed by atoms with Crippen LogP contribution in [0.5, 0.6) is 0 Å². The van der Waals surface area contributed by atoms with Crippen LogP contribution in [0.4, 0.5) is 4.39 Å². The second-order valence-electron chi connectivity index (χ2n) is 5.21. The number of hydrogen-bond acceptors (Lipinski definition) is 2. The van der Waals surface area contributed by atoms with E-state index in [0.717, 1.165) is 18.6 Å². The molecule has 3 heteroatoms. The van der Waals surface area contributed by atoms with Gasteiger partial charge in [0, 0.05) is 6.61 Å². The molecule has 1 rings (SSSR count). The zero-order chi connectivity index (χ0) is 15.5. The van der Waals surface area contributed by atoms with Gasteiger partial charge in [-0.1, -0.05) is 51.0 Å². The van der Waals surface area contributed by atoms with Crippen molar-refractivity contribution in [2.75, 3.05) is 13.2 Å². The molecule has 21 heavy (non-hydrogen) atoms. The van der Waals surface area contributed by atoms with E-state index in [4.69, 9.17) is 9.84 Å². The molecule has 1 atom stereocenters. The van der Waals surface area contributed by atoms with E-state index in [9.17, 15) is 4.39 Å². The van der Waals surface area contributed by atoms with Gasteiger partial charge in [-0.25, -0.2) is 4.39 Å². The van der Waals surface area contributed by atoms with Gasteiger partial charge in [0.2, 0.25) is 0 Å². The van der Waals surface area contributed by atoms with Crippen molar-refractivity contribution in [2.45, 2.75) is 46.1 Å². The standard InChI is InChI=1S/C18H25FO2/c1-3-5-7-15(4-2)13-21-14-16-9-10-18(19)17(12-16)8-6-11-20/h9-10,12,15,20H,3-5,7,11,13-14H2,1-2H3. The first-order chi connectivity index (χ1) is 10.2.